The lowest BCUT2D eigenvalue weighted by atomic mass is 9.81. The average Bonchev–Trinajstić information content (AvgIpc) is 3.74. The van der Waals surface area contributed by atoms with Crippen LogP contribution in [0, 0.1) is 5.92 Å². The average molecular weight is 673 g/mol. The van der Waals surface area contributed by atoms with Crippen molar-refractivity contribution in [1.82, 2.24) is 19.6 Å². The molecule has 7 nitrogen and oxygen atoms in total. The molecule has 2 aromatic carbocycles. The van der Waals surface area contributed by atoms with E-state index in [-0.39, 0.29) is 42.4 Å². The van der Waals surface area contributed by atoms with Gasteiger partial charge in [-0.25, -0.2) is 9.38 Å². The molecule has 2 amide bonds. The summed E-state index contributed by atoms with van der Waals surface area (Å²) in [7, 11) is 3.67. The van der Waals surface area contributed by atoms with E-state index >= 15 is 0 Å². The number of alkyl halides is 1. The molecule has 2 fully saturated rings. The third kappa shape index (κ3) is 5.57. The maximum atomic E-state index is 14.8. The number of amides is 2. The van der Waals surface area contributed by atoms with Crippen LogP contribution in [0.15, 0.2) is 64.1 Å². The van der Waals surface area contributed by atoms with Crippen molar-refractivity contribution in [3.8, 4) is 0 Å². The Morgan fingerprint density at radius 3 is 2.22 bits per heavy atom. The number of aliphatic imine (C=N–C) groups is 1. The summed E-state index contributed by atoms with van der Waals surface area (Å²) in [6, 6.07) is 14.3. The molecule has 2 aromatic rings. The Bertz CT molecular complexity index is 1550. The van der Waals surface area contributed by atoms with Gasteiger partial charge in [0.2, 0.25) is 5.91 Å². The second kappa shape index (κ2) is 12.2. The molecular weight excluding hydrogens is 632 g/mol. The quantitative estimate of drug-likeness (QED) is 0.341. The van der Waals surface area contributed by atoms with E-state index in [0.29, 0.717) is 34.3 Å². The number of hydrogen-bond acceptors (Lipinski definition) is 6. The van der Waals surface area contributed by atoms with Crippen molar-refractivity contribution in [1.29, 1.82) is 0 Å². The van der Waals surface area contributed by atoms with Crippen LogP contribution in [0.1, 0.15) is 57.7 Å². The van der Waals surface area contributed by atoms with Gasteiger partial charge in [-0.15, -0.1) is 0 Å². The van der Waals surface area contributed by atoms with Crippen LogP contribution in [0.2, 0.25) is 10.0 Å². The molecule has 2 unspecified atom stereocenters. The Hall–Kier alpha value is -2.59. The zero-order valence-corrected chi connectivity index (χ0v) is 28.8. The summed E-state index contributed by atoms with van der Waals surface area (Å²) < 4.78 is 14.8. The Morgan fingerprint density at radius 1 is 1.02 bits per heavy atom. The number of hydrogen-bond donors (Lipinski definition) is 0. The predicted octanol–water partition coefficient (Wildman–Crippen LogP) is 6.73. The summed E-state index contributed by atoms with van der Waals surface area (Å²) >= 11 is 14.0. The second-order valence-electron chi connectivity index (χ2n) is 13.3. The molecule has 0 bridgehead atoms. The van der Waals surface area contributed by atoms with Gasteiger partial charge in [0.15, 0.2) is 5.17 Å². The maximum absolute atomic E-state index is 14.8. The van der Waals surface area contributed by atoms with E-state index in [0.717, 1.165) is 22.0 Å². The van der Waals surface area contributed by atoms with Crippen molar-refractivity contribution in [2.45, 2.75) is 76.4 Å². The molecule has 0 aromatic heterocycles. The van der Waals surface area contributed by atoms with Gasteiger partial charge in [0, 0.05) is 28.3 Å². The smallest absolute Gasteiger partial charge is 0.263 e. The van der Waals surface area contributed by atoms with Gasteiger partial charge in [0.05, 0.1) is 18.6 Å². The standard InChI is InChI=1S/C34H40Cl2FN5O2S/c1-19(2)28-29(32(44)41-20(3)7-16-26(41)31(43)40-17-25(37)27(18-40)39(5)6)45-33-38-34(4,22-10-14-24(36)15-11-22)30(42(28)33)21-8-12-23(35)13-9-21/h8-15,19-20,25-27,30H,7,16-18H2,1-6H3/t20-,25?,26+,27?,30-,34+/m1/s1. The van der Waals surface area contributed by atoms with Gasteiger partial charge >= 0.3 is 0 Å². The molecule has 0 saturated carbocycles. The predicted molar refractivity (Wildman–Crippen MR) is 180 cm³/mol. The van der Waals surface area contributed by atoms with Crippen molar-refractivity contribution in [3.05, 3.63) is 80.3 Å². The summed E-state index contributed by atoms with van der Waals surface area (Å²) in [4.78, 5) is 41.8. The van der Waals surface area contributed by atoms with Crippen LogP contribution in [-0.4, -0.2) is 88.1 Å². The van der Waals surface area contributed by atoms with Crippen molar-refractivity contribution in [2.24, 2.45) is 10.9 Å². The first-order valence-electron chi connectivity index (χ1n) is 15.6. The van der Waals surface area contributed by atoms with E-state index in [4.69, 9.17) is 28.2 Å². The highest BCUT2D eigenvalue weighted by molar-refractivity contribution is 8.18. The molecule has 0 radical (unpaired) electrons. The molecule has 4 aliphatic heterocycles. The lowest BCUT2D eigenvalue weighted by molar-refractivity contribution is -0.142. The van der Waals surface area contributed by atoms with Crippen LogP contribution < -0.4 is 0 Å². The number of carbonyl (C=O) groups excluding carboxylic acids is 2. The van der Waals surface area contributed by atoms with Crippen molar-refractivity contribution >= 4 is 51.9 Å². The van der Waals surface area contributed by atoms with Gasteiger partial charge in [-0.05, 0) is 93.9 Å². The normalized spacial score (nSPS) is 29.8. The molecular formula is C34H40Cl2FN5O2S. The Morgan fingerprint density at radius 2 is 1.64 bits per heavy atom. The zero-order valence-electron chi connectivity index (χ0n) is 26.5. The first-order valence-corrected chi connectivity index (χ1v) is 17.1. The summed E-state index contributed by atoms with van der Waals surface area (Å²) in [6.07, 6.45) is 0.166. The van der Waals surface area contributed by atoms with Crippen LogP contribution >= 0.6 is 35.0 Å². The number of halogens is 3. The zero-order chi connectivity index (χ0) is 32.4. The van der Waals surface area contributed by atoms with Gasteiger partial charge in [-0.2, -0.15) is 0 Å². The summed E-state index contributed by atoms with van der Waals surface area (Å²) in [5.74, 6) is -0.334. The number of carbonyl (C=O) groups is 2. The molecule has 0 spiro atoms. The van der Waals surface area contributed by atoms with Crippen molar-refractivity contribution in [2.75, 3.05) is 27.2 Å². The Labute approximate surface area is 279 Å². The molecule has 4 heterocycles. The molecule has 45 heavy (non-hydrogen) atoms. The number of fused-ring (bicyclic) bond motifs is 1. The van der Waals surface area contributed by atoms with E-state index in [1.807, 2.05) is 74.4 Å². The lowest BCUT2D eigenvalue weighted by Crippen LogP contribution is -2.50. The number of allylic oxidation sites excluding steroid dienone is 1. The molecule has 6 atom stereocenters. The van der Waals surface area contributed by atoms with Crippen LogP contribution in [0.5, 0.6) is 0 Å². The first kappa shape index (κ1) is 32.4. The fourth-order valence-corrected chi connectivity index (χ4v) is 8.98. The molecule has 0 aliphatic carbocycles. The van der Waals surface area contributed by atoms with Crippen LogP contribution in [-0.2, 0) is 15.1 Å². The van der Waals surface area contributed by atoms with Gasteiger partial charge in [0.1, 0.15) is 22.7 Å². The highest BCUT2D eigenvalue weighted by Gasteiger charge is 2.54. The third-order valence-electron chi connectivity index (χ3n) is 9.75. The monoisotopic (exact) mass is 671 g/mol. The van der Waals surface area contributed by atoms with Gasteiger partial charge in [-0.3, -0.25) is 9.59 Å². The minimum atomic E-state index is -1.11. The van der Waals surface area contributed by atoms with Crippen LogP contribution in [0.4, 0.5) is 4.39 Å². The molecule has 2 saturated heterocycles. The van der Waals surface area contributed by atoms with E-state index < -0.39 is 17.8 Å². The van der Waals surface area contributed by atoms with E-state index in [1.165, 1.54) is 11.8 Å². The molecule has 11 heteroatoms. The lowest BCUT2D eigenvalue weighted by Gasteiger charge is -2.37. The summed E-state index contributed by atoms with van der Waals surface area (Å²) in [5, 5.41) is 2.05. The second-order valence-corrected chi connectivity index (χ2v) is 15.1. The number of nitrogens with zero attached hydrogens (tertiary/aromatic N) is 5. The minimum absolute atomic E-state index is 0.00898. The van der Waals surface area contributed by atoms with Crippen molar-refractivity contribution in [3.63, 3.8) is 0 Å². The van der Waals surface area contributed by atoms with Crippen LogP contribution in [0.25, 0.3) is 0 Å². The molecule has 4 aliphatic rings. The van der Waals surface area contributed by atoms with Gasteiger partial charge in [0.25, 0.3) is 5.91 Å². The van der Waals surface area contributed by atoms with Gasteiger partial charge < -0.3 is 19.6 Å². The highest BCUT2D eigenvalue weighted by Crippen LogP contribution is 2.56. The third-order valence-corrected chi connectivity index (χ3v) is 11.3. The maximum Gasteiger partial charge on any atom is 0.263 e. The number of thioether (sulfide) groups is 1. The number of likely N-dealkylation sites (tertiary alicyclic amines) is 2. The van der Waals surface area contributed by atoms with E-state index in [1.54, 1.807) is 9.80 Å². The number of likely N-dealkylation sites (N-methyl/N-ethyl adjacent to an activating group) is 1. The minimum Gasteiger partial charge on any atom is -0.336 e. The first-order chi connectivity index (χ1) is 21.3. The Balaban J connectivity index is 1.37. The largest absolute Gasteiger partial charge is 0.336 e. The fraction of sp³-hybridized carbons (Fsp3) is 0.500. The van der Waals surface area contributed by atoms with Gasteiger partial charge in [-0.1, -0.05) is 61.3 Å². The van der Waals surface area contributed by atoms with Crippen molar-refractivity contribution < 1.29 is 14.0 Å². The summed E-state index contributed by atoms with van der Waals surface area (Å²) in [5.41, 5.74) is 2.26. The highest BCUT2D eigenvalue weighted by atomic mass is 35.5. The fourth-order valence-electron chi connectivity index (χ4n) is 7.37. The number of rotatable bonds is 6. The van der Waals surface area contributed by atoms with E-state index in [2.05, 4.69) is 25.7 Å². The Kier molecular flexibility index (Phi) is 8.78. The molecule has 6 rings (SSSR count). The number of amidine groups is 1. The SMILES string of the molecule is CC(C)C1=C(C(=O)N2[C@H](C)CC[C@H]2C(=O)N2CC(F)C(N(C)C)C2)SC2=N[C@@](C)(c3ccc(Cl)cc3)[C@@H](c3ccc(Cl)cc3)N21. The van der Waals surface area contributed by atoms with E-state index in [9.17, 15) is 14.0 Å². The molecule has 240 valence electrons. The van der Waals surface area contributed by atoms with Crippen LogP contribution in [0.3, 0.4) is 0 Å². The molecule has 0 N–H and O–H groups in total. The number of benzene rings is 2. The topological polar surface area (TPSA) is 59.5 Å². The summed E-state index contributed by atoms with van der Waals surface area (Å²) in [6.45, 7) is 8.67.